The molecule has 0 heterocycles. The van der Waals surface area contributed by atoms with Crippen LogP contribution in [0.15, 0.2) is 36.4 Å². The Bertz CT molecular complexity index is 858. The largest absolute Gasteiger partial charge is 0.508 e. The Morgan fingerprint density at radius 1 is 0.372 bits per heavy atom. The maximum absolute atomic E-state index is 10.6. The van der Waals surface area contributed by atoms with Crippen molar-refractivity contribution in [3.63, 3.8) is 0 Å². The van der Waals surface area contributed by atoms with Crippen LogP contribution in [0.1, 0.15) is 190 Å². The summed E-state index contributed by atoms with van der Waals surface area (Å²) < 4.78 is 0. The molecule has 0 saturated carbocycles. The average Bonchev–Trinajstić information content (AvgIpc) is 3.01. The first-order valence-electron chi connectivity index (χ1n) is 18.8. The van der Waals surface area contributed by atoms with E-state index >= 15 is 0 Å². The van der Waals surface area contributed by atoms with Crippen LogP contribution in [0.5, 0.6) is 11.5 Å². The molecule has 0 radical (unpaired) electrons. The molecule has 0 aromatic heterocycles. The van der Waals surface area contributed by atoms with Crippen LogP contribution in [0.2, 0.25) is 0 Å². The molecule has 0 aliphatic carbocycles. The van der Waals surface area contributed by atoms with Gasteiger partial charge in [0.15, 0.2) is 0 Å². The molecule has 0 bridgehead atoms. The predicted molar refractivity (Wildman–Crippen MR) is 189 cm³/mol. The van der Waals surface area contributed by atoms with Gasteiger partial charge in [-0.05, 0) is 60.1 Å². The average molecular weight is 593 g/mol. The van der Waals surface area contributed by atoms with E-state index < -0.39 is 0 Å². The first-order valence-corrected chi connectivity index (χ1v) is 18.8. The van der Waals surface area contributed by atoms with Crippen LogP contribution in [-0.4, -0.2) is 10.2 Å². The number of phenolic OH excluding ortho intramolecular Hbond substituents is 2. The van der Waals surface area contributed by atoms with Crippen molar-refractivity contribution < 1.29 is 10.2 Å². The second-order valence-electron chi connectivity index (χ2n) is 13.4. The van der Waals surface area contributed by atoms with Gasteiger partial charge in [0.1, 0.15) is 11.5 Å². The van der Waals surface area contributed by atoms with Gasteiger partial charge in [-0.2, -0.15) is 0 Å². The minimum Gasteiger partial charge on any atom is -0.508 e. The minimum atomic E-state index is 0.337. The molecule has 2 heteroatoms. The highest BCUT2D eigenvalue weighted by Gasteiger charge is 2.09. The van der Waals surface area contributed by atoms with Gasteiger partial charge < -0.3 is 10.2 Å². The van der Waals surface area contributed by atoms with E-state index in [1.165, 1.54) is 165 Å². The summed E-state index contributed by atoms with van der Waals surface area (Å²) in [7, 11) is 0. The highest BCUT2D eigenvalue weighted by atomic mass is 16.3. The van der Waals surface area contributed by atoms with Crippen LogP contribution in [0.25, 0.3) is 0 Å². The van der Waals surface area contributed by atoms with Gasteiger partial charge in [0.05, 0.1) is 0 Å². The lowest BCUT2D eigenvalue weighted by Gasteiger charge is -2.11. The highest BCUT2D eigenvalue weighted by molar-refractivity contribution is 5.44. The van der Waals surface area contributed by atoms with E-state index in [4.69, 9.17) is 0 Å². The summed E-state index contributed by atoms with van der Waals surface area (Å²) in [5.41, 5.74) is 4.45. The Balaban J connectivity index is 1.63. The van der Waals surface area contributed by atoms with Gasteiger partial charge in [0, 0.05) is 6.42 Å². The summed E-state index contributed by atoms with van der Waals surface area (Å²) >= 11 is 0. The van der Waals surface area contributed by atoms with Crippen molar-refractivity contribution >= 4 is 0 Å². The molecule has 0 aliphatic heterocycles. The second kappa shape index (κ2) is 25.4. The van der Waals surface area contributed by atoms with Crippen LogP contribution in [-0.2, 0) is 19.3 Å². The Morgan fingerprint density at radius 3 is 0.953 bits per heavy atom. The van der Waals surface area contributed by atoms with Gasteiger partial charge in [-0.25, -0.2) is 0 Å². The number of phenols is 2. The zero-order valence-electron chi connectivity index (χ0n) is 28.5. The number of benzene rings is 2. The molecule has 2 aromatic carbocycles. The molecule has 2 nitrogen and oxygen atoms in total. The van der Waals surface area contributed by atoms with E-state index in [9.17, 15) is 10.2 Å². The van der Waals surface area contributed by atoms with E-state index in [0.29, 0.717) is 17.9 Å². The molecule has 2 rings (SSSR count). The molecular formula is C41H68O2. The SMILES string of the molecule is CCCCCCCCCCCCCCc1ccc(O)c(Cc2cc(CCCCCCCCCCCCCC)ccc2O)c1. The molecule has 0 unspecified atom stereocenters. The second-order valence-corrected chi connectivity index (χ2v) is 13.4. The standard InChI is InChI=1S/C41H68O2/c1-3-5-7-9-11-13-15-17-19-21-23-25-27-36-29-31-40(42)38(33-36)35-39-34-37(30-32-41(39)43)28-26-24-22-20-18-16-14-12-10-8-6-4-2/h29-34,42-43H,3-28,35H2,1-2H3. The molecule has 0 atom stereocenters. The molecular weight excluding hydrogens is 524 g/mol. The molecule has 0 spiro atoms. The van der Waals surface area contributed by atoms with Crippen molar-refractivity contribution in [1.29, 1.82) is 0 Å². The van der Waals surface area contributed by atoms with Crippen LogP contribution >= 0.6 is 0 Å². The number of rotatable bonds is 28. The van der Waals surface area contributed by atoms with E-state index in [-0.39, 0.29) is 0 Å². The molecule has 2 N–H and O–H groups in total. The lowest BCUT2D eigenvalue weighted by atomic mass is 9.96. The number of unbranched alkanes of at least 4 members (excludes halogenated alkanes) is 22. The van der Waals surface area contributed by atoms with Crippen molar-refractivity contribution in [3.8, 4) is 11.5 Å². The fourth-order valence-electron chi connectivity index (χ4n) is 6.42. The third-order valence-electron chi connectivity index (χ3n) is 9.31. The maximum Gasteiger partial charge on any atom is 0.119 e. The van der Waals surface area contributed by atoms with Crippen molar-refractivity contribution in [1.82, 2.24) is 0 Å². The van der Waals surface area contributed by atoms with Crippen molar-refractivity contribution in [3.05, 3.63) is 58.7 Å². The lowest BCUT2D eigenvalue weighted by Crippen LogP contribution is -1.95. The van der Waals surface area contributed by atoms with Crippen molar-refractivity contribution in [2.45, 2.75) is 187 Å². The summed E-state index contributed by atoms with van der Waals surface area (Å²) in [6.07, 6.45) is 35.5. The quantitative estimate of drug-likeness (QED) is 0.0965. The zero-order chi connectivity index (χ0) is 30.8. The molecule has 0 saturated heterocycles. The zero-order valence-corrected chi connectivity index (χ0v) is 28.5. The van der Waals surface area contributed by atoms with Crippen LogP contribution in [0.3, 0.4) is 0 Å². The number of hydrogen-bond donors (Lipinski definition) is 2. The molecule has 244 valence electrons. The molecule has 0 fully saturated rings. The Morgan fingerprint density at radius 2 is 0.651 bits per heavy atom. The predicted octanol–water partition coefficient (Wildman–Crippen LogP) is 13.2. The van der Waals surface area contributed by atoms with Gasteiger partial charge in [0.2, 0.25) is 0 Å². The normalized spacial score (nSPS) is 11.4. The van der Waals surface area contributed by atoms with Crippen LogP contribution < -0.4 is 0 Å². The third kappa shape index (κ3) is 18.4. The van der Waals surface area contributed by atoms with Crippen LogP contribution in [0, 0.1) is 0 Å². The molecule has 2 aromatic rings. The summed E-state index contributed by atoms with van der Waals surface area (Å²) in [4.78, 5) is 0. The minimum absolute atomic E-state index is 0.337. The first kappa shape index (κ1) is 37.2. The van der Waals surface area contributed by atoms with Crippen molar-refractivity contribution in [2.24, 2.45) is 0 Å². The summed E-state index contributed by atoms with van der Waals surface area (Å²) in [6, 6.07) is 12.1. The molecule has 43 heavy (non-hydrogen) atoms. The Hall–Kier alpha value is -1.96. The number of aryl methyl sites for hydroxylation is 2. The van der Waals surface area contributed by atoms with E-state index in [1.807, 2.05) is 12.1 Å². The third-order valence-corrected chi connectivity index (χ3v) is 9.31. The van der Waals surface area contributed by atoms with Gasteiger partial charge in [0.25, 0.3) is 0 Å². The number of hydrogen-bond acceptors (Lipinski definition) is 2. The van der Waals surface area contributed by atoms with Gasteiger partial charge in [-0.3, -0.25) is 0 Å². The van der Waals surface area contributed by atoms with Gasteiger partial charge in [-0.15, -0.1) is 0 Å². The van der Waals surface area contributed by atoms with Crippen LogP contribution in [0.4, 0.5) is 0 Å². The lowest BCUT2D eigenvalue weighted by molar-refractivity contribution is 0.462. The molecule has 0 aliphatic rings. The fourth-order valence-corrected chi connectivity index (χ4v) is 6.42. The topological polar surface area (TPSA) is 40.5 Å². The van der Waals surface area contributed by atoms with Gasteiger partial charge >= 0.3 is 0 Å². The number of aromatic hydroxyl groups is 2. The maximum atomic E-state index is 10.6. The molecule has 0 amide bonds. The monoisotopic (exact) mass is 593 g/mol. The Kier molecular flexibility index (Phi) is 22.0. The smallest absolute Gasteiger partial charge is 0.119 e. The summed E-state index contributed by atoms with van der Waals surface area (Å²) in [5, 5.41) is 21.1. The highest BCUT2D eigenvalue weighted by Crippen LogP contribution is 2.28. The first-order chi connectivity index (χ1) is 21.1. The van der Waals surface area contributed by atoms with Gasteiger partial charge in [-0.1, -0.05) is 179 Å². The van der Waals surface area contributed by atoms with E-state index in [1.54, 1.807) is 0 Å². The summed E-state index contributed by atoms with van der Waals surface area (Å²) in [5.74, 6) is 0.674. The Labute approximate surface area is 267 Å². The fraction of sp³-hybridized carbons (Fsp3) is 0.707. The van der Waals surface area contributed by atoms with Crippen molar-refractivity contribution in [2.75, 3.05) is 0 Å². The van der Waals surface area contributed by atoms with E-state index in [0.717, 1.165) is 24.0 Å². The van der Waals surface area contributed by atoms with E-state index in [2.05, 4.69) is 38.1 Å². The summed E-state index contributed by atoms with van der Waals surface area (Å²) in [6.45, 7) is 4.57.